The maximum atomic E-state index is 11.4. The monoisotopic (exact) mass is 289 g/mol. The van der Waals surface area contributed by atoms with E-state index in [0.29, 0.717) is 26.0 Å². The van der Waals surface area contributed by atoms with E-state index in [1.165, 1.54) is 11.1 Å². The van der Waals surface area contributed by atoms with E-state index in [0.717, 1.165) is 19.3 Å². The minimum atomic E-state index is -0.725. The quantitative estimate of drug-likeness (QED) is 0.879. The fourth-order valence-corrected chi connectivity index (χ4v) is 4.35. The average Bonchev–Trinajstić information content (AvgIpc) is 2.45. The minimum Gasteiger partial charge on any atom is -0.389 e. The van der Waals surface area contributed by atoms with Gasteiger partial charge in [0.2, 0.25) is 0 Å². The molecule has 1 heterocycles. The van der Waals surface area contributed by atoms with Crippen LogP contribution in [-0.2, 0) is 17.6 Å². The molecule has 0 saturated carbocycles. The molecule has 1 aromatic carbocycles. The van der Waals surface area contributed by atoms with Gasteiger partial charge in [-0.15, -0.1) is 0 Å². The number of rotatable bonds is 2. The topological polar surface area (TPSA) is 55.5 Å². The molecule has 2 unspecified atom stereocenters. The summed E-state index contributed by atoms with van der Waals surface area (Å²) in [6, 6.07) is 8.57. The highest BCUT2D eigenvalue weighted by atomic mass is 16.5. The van der Waals surface area contributed by atoms with Gasteiger partial charge in [0.05, 0.1) is 17.8 Å². The number of aliphatic hydroxyl groups is 1. The molecule has 0 aromatic heterocycles. The lowest BCUT2D eigenvalue weighted by Gasteiger charge is -2.54. The van der Waals surface area contributed by atoms with E-state index in [4.69, 9.17) is 10.5 Å². The normalized spacial score (nSPS) is 35.2. The summed E-state index contributed by atoms with van der Waals surface area (Å²) in [5, 5.41) is 11.4. The van der Waals surface area contributed by atoms with E-state index in [1.54, 1.807) is 0 Å². The summed E-state index contributed by atoms with van der Waals surface area (Å²) >= 11 is 0. The van der Waals surface area contributed by atoms with Crippen molar-refractivity contribution in [3.05, 3.63) is 35.4 Å². The summed E-state index contributed by atoms with van der Waals surface area (Å²) in [5.74, 6) is 0. The molecule has 0 spiro atoms. The van der Waals surface area contributed by atoms with Crippen LogP contribution in [0.2, 0.25) is 0 Å². The Hall–Kier alpha value is -0.900. The van der Waals surface area contributed by atoms with Gasteiger partial charge in [-0.1, -0.05) is 24.3 Å². The third kappa shape index (κ3) is 2.52. The van der Waals surface area contributed by atoms with Gasteiger partial charge in [-0.25, -0.2) is 0 Å². The molecular weight excluding hydrogens is 262 g/mol. The van der Waals surface area contributed by atoms with E-state index >= 15 is 0 Å². The number of nitrogens with two attached hydrogens (primary N) is 1. The molecule has 3 rings (SSSR count). The van der Waals surface area contributed by atoms with Gasteiger partial charge < -0.3 is 15.6 Å². The molecule has 3 N–H and O–H groups in total. The molecule has 1 aliphatic carbocycles. The van der Waals surface area contributed by atoms with E-state index in [-0.39, 0.29) is 11.0 Å². The van der Waals surface area contributed by atoms with E-state index < -0.39 is 5.60 Å². The Morgan fingerprint density at radius 2 is 1.90 bits per heavy atom. The van der Waals surface area contributed by atoms with E-state index in [1.807, 2.05) is 0 Å². The first kappa shape index (κ1) is 15.0. The summed E-state index contributed by atoms with van der Waals surface area (Å²) in [6.45, 7) is 5.29. The molecule has 1 aromatic rings. The van der Waals surface area contributed by atoms with E-state index in [9.17, 15) is 5.11 Å². The maximum absolute atomic E-state index is 11.4. The number of hydrogen-bond acceptors (Lipinski definition) is 3. The zero-order valence-corrected chi connectivity index (χ0v) is 13.2. The van der Waals surface area contributed by atoms with Crippen molar-refractivity contribution in [1.29, 1.82) is 0 Å². The van der Waals surface area contributed by atoms with Crippen LogP contribution in [0.4, 0.5) is 0 Å². The smallest absolute Gasteiger partial charge is 0.0768 e. The van der Waals surface area contributed by atoms with Crippen LogP contribution in [-0.4, -0.2) is 29.5 Å². The molecule has 1 aliphatic heterocycles. The molecule has 1 saturated heterocycles. The first-order chi connectivity index (χ1) is 9.90. The molecule has 3 nitrogen and oxygen atoms in total. The molecule has 116 valence electrons. The van der Waals surface area contributed by atoms with Gasteiger partial charge in [-0.05, 0) is 44.2 Å². The number of hydrogen-bond donors (Lipinski definition) is 2. The van der Waals surface area contributed by atoms with Gasteiger partial charge in [0, 0.05) is 24.8 Å². The SMILES string of the molecule is CC1(C)CC(O)(C2(CN)CCc3ccccc3C2)CCO1. The van der Waals surface area contributed by atoms with Crippen LogP contribution >= 0.6 is 0 Å². The highest BCUT2D eigenvalue weighted by Gasteiger charge is 2.54. The molecular formula is C18H27NO2. The minimum absolute atomic E-state index is 0.220. The second-order valence-electron chi connectivity index (χ2n) is 7.50. The number of fused-ring (bicyclic) bond motifs is 1. The van der Waals surface area contributed by atoms with Gasteiger partial charge in [0.1, 0.15) is 0 Å². The average molecular weight is 289 g/mol. The number of ether oxygens (including phenoxy) is 1. The standard InChI is InChI=1S/C18H27NO2/c1-16(2)12-18(20,9-10-21-16)17(13-19)8-7-14-5-3-4-6-15(14)11-17/h3-6,20H,7-13,19H2,1-2H3. The van der Waals surface area contributed by atoms with Crippen molar-refractivity contribution in [2.45, 2.75) is 57.2 Å². The van der Waals surface area contributed by atoms with Crippen molar-refractivity contribution in [1.82, 2.24) is 0 Å². The fraction of sp³-hybridized carbons (Fsp3) is 0.667. The fourth-order valence-electron chi connectivity index (χ4n) is 4.35. The first-order valence-electron chi connectivity index (χ1n) is 8.03. The largest absolute Gasteiger partial charge is 0.389 e. The molecule has 2 atom stereocenters. The van der Waals surface area contributed by atoms with Crippen LogP contribution in [0.1, 0.15) is 44.2 Å². The number of benzene rings is 1. The van der Waals surface area contributed by atoms with Crippen LogP contribution in [0.3, 0.4) is 0 Å². The van der Waals surface area contributed by atoms with Crippen molar-refractivity contribution in [2.24, 2.45) is 11.1 Å². The third-order valence-electron chi connectivity index (χ3n) is 5.62. The maximum Gasteiger partial charge on any atom is 0.0768 e. The number of aryl methyl sites for hydroxylation is 1. The summed E-state index contributed by atoms with van der Waals surface area (Å²) < 4.78 is 5.81. The van der Waals surface area contributed by atoms with Crippen molar-refractivity contribution in [3.8, 4) is 0 Å². The lowest BCUT2D eigenvalue weighted by Crippen LogP contribution is -2.60. The summed E-state index contributed by atoms with van der Waals surface area (Å²) in [7, 11) is 0. The molecule has 3 heteroatoms. The van der Waals surface area contributed by atoms with Gasteiger partial charge in [-0.2, -0.15) is 0 Å². The van der Waals surface area contributed by atoms with Gasteiger partial charge in [0.15, 0.2) is 0 Å². The molecule has 2 aliphatic rings. The molecule has 0 amide bonds. The van der Waals surface area contributed by atoms with Gasteiger partial charge >= 0.3 is 0 Å². The molecule has 0 bridgehead atoms. The lowest BCUT2D eigenvalue weighted by atomic mass is 9.58. The van der Waals surface area contributed by atoms with Crippen LogP contribution in [0.25, 0.3) is 0 Å². The van der Waals surface area contributed by atoms with E-state index in [2.05, 4.69) is 38.1 Å². The zero-order chi connectivity index (χ0) is 15.1. The Bertz CT molecular complexity index is 528. The van der Waals surface area contributed by atoms with Crippen molar-refractivity contribution in [2.75, 3.05) is 13.2 Å². The van der Waals surface area contributed by atoms with Crippen molar-refractivity contribution in [3.63, 3.8) is 0 Å². The highest BCUT2D eigenvalue weighted by molar-refractivity contribution is 5.32. The van der Waals surface area contributed by atoms with Gasteiger partial charge in [0.25, 0.3) is 0 Å². The van der Waals surface area contributed by atoms with Crippen LogP contribution in [0.15, 0.2) is 24.3 Å². The van der Waals surface area contributed by atoms with Crippen LogP contribution in [0.5, 0.6) is 0 Å². The molecule has 1 fully saturated rings. The second kappa shape index (κ2) is 5.08. The van der Waals surface area contributed by atoms with Crippen LogP contribution < -0.4 is 5.73 Å². The summed E-state index contributed by atoms with van der Waals surface area (Å²) in [5.41, 5.74) is 7.75. The predicted octanol–water partition coefficient (Wildman–Crippen LogP) is 2.44. The van der Waals surface area contributed by atoms with Gasteiger partial charge in [-0.3, -0.25) is 0 Å². The lowest BCUT2D eigenvalue weighted by molar-refractivity contribution is -0.196. The molecule has 0 radical (unpaired) electrons. The second-order valence-corrected chi connectivity index (χ2v) is 7.50. The first-order valence-corrected chi connectivity index (χ1v) is 8.03. The summed E-state index contributed by atoms with van der Waals surface area (Å²) in [4.78, 5) is 0. The van der Waals surface area contributed by atoms with Crippen molar-refractivity contribution < 1.29 is 9.84 Å². The Labute approximate surface area is 127 Å². The predicted molar refractivity (Wildman–Crippen MR) is 84.2 cm³/mol. The molecule has 21 heavy (non-hydrogen) atoms. The van der Waals surface area contributed by atoms with Crippen molar-refractivity contribution >= 4 is 0 Å². The zero-order valence-electron chi connectivity index (χ0n) is 13.2. The Kier molecular flexibility index (Phi) is 3.63. The summed E-state index contributed by atoms with van der Waals surface area (Å²) in [6.07, 6.45) is 4.21. The Balaban J connectivity index is 1.95. The third-order valence-corrected chi connectivity index (χ3v) is 5.62. The Morgan fingerprint density at radius 1 is 1.19 bits per heavy atom. The highest BCUT2D eigenvalue weighted by Crippen LogP contribution is 2.50. The Morgan fingerprint density at radius 3 is 2.57 bits per heavy atom. The van der Waals surface area contributed by atoms with Crippen LogP contribution in [0, 0.1) is 5.41 Å².